The van der Waals surface area contributed by atoms with Gasteiger partial charge in [-0.3, -0.25) is 9.59 Å². The van der Waals surface area contributed by atoms with Crippen LogP contribution in [0.4, 0.5) is 4.39 Å². The predicted molar refractivity (Wildman–Crippen MR) is 158 cm³/mol. The third-order valence-electron chi connectivity index (χ3n) is 7.00. The summed E-state index contributed by atoms with van der Waals surface area (Å²) < 4.78 is 13.7. The zero-order valence-corrected chi connectivity index (χ0v) is 23.2. The third-order valence-corrected chi connectivity index (χ3v) is 7.00. The maximum Gasteiger partial charge on any atom is 0.243 e. The van der Waals surface area contributed by atoms with Gasteiger partial charge in [-0.1, -0.05) is 117 Å². The fourth-order valence-corrected chi connectivity index (χ4v) is 4.85. The number of amides is 2. The number of hydrogen-bond acceptors (Lipinski definition) is 2. The highest BCUT2D eigenvalue weighted by molar-refractivity contribution is 5.88. The van der Waals surface area contributed by atoms with Crippen molar-refractivity contribution in [3.05, 3.63) is 143 Å². The molecule has 40 heavy (non-hydrogen) atoms. The molecule has 0 saturated carbocycles. The summed E-state index contributed by atoms with van der Waals surface area (Å²) in [6, 6.07) is 35.1. The lowest BCUT2D eigenvalue weighted by Crippen LogP contribution is -2.51. The van der Waals surface area contributed by atoms with Crippen LogP contribution in [0.5, 0.6) is 0 Å². The number of halogens is 1. The first kappa shape index (κ1) is 28.8. The van der Waals surface area contributed by atoms with Crippen molar-refractivity contribution in [3.8, 4) is 0 Å². The van der Waals surface area contributed by atoms with E-state index in [2.05, 4.69) is 5.32 Å². The molecule has 0 heterocycles. The van der Waals surface area contributed by atoms with E-state index in [4.69, 9.17) is 0 Å². The lowest BCUT2D eigenvalue weighted by Gasteiger charge is -2.33. The molecule has 1 atom stereocenters. The maximum atomic E-state index is 14.3. The minimum Gasteiger partial charge on any atom is -0.354 e. The molecule has 4 nitrogen and oxygen atoms in total. The molecule has 1 N–H and O–H groups in total. The molecular weight excluding hydrogens is 499 g/mol. The van der Waals surface area contributed by atoms with Crippen LogP contribution in [0.1, 0.15) is 48.4 Å². The van der Waals surface area contributed by atoms with E-state index in [1.165, 1.54) is 12.1 Å². The lowest BCUT2D eigenvalue weighted by atomic mass is 9.87. The molecule has 5 heteroatoms. The van der Waals surface area contributed by atoms with Crippen LogP contribution in [-0.2, 0) is 22.6 Å². The molecule has 2 amide bonds. The molecule has 0 radical (unpaired) electrons. The highest BCUT2D eigenvalue weighted by Gasteiger charge is 2.32. The number of carbonyl (C=O) groups is 2. The van der Waals surface area contributed by atoms with Gasteiger partial charge in [0, 0.05) is 31.8 Å². The summed E-state index contributed by atoms with van der Waals surface area (Å²) in [6.45, 7) is 4.79. The van der Waals surface area contributed by atoms with E-state index in [9.17, 15) is 14.0 Å². The third kappa shape index (κ3) is 8.12. The van der Waals surface area contributed by atoms with E-state index >= 15 is 0 Å². The van der Waals surface area contributed by atoms with Crippen molar-refractivity contribution in [2.45, 2.75) is 45.2 Å². The zero-order valence-electron chi connectivity index (χ0n) is 23.2. The van der Waals surface area contributed by atoms with Crippen LogP contribution in [0.3, 0.4) is 0 Å². The van der Waals surface area contributed by atoms with E-state index in [0.717, 1.165) is 22.3 Å². The van der Waals surface area contributed by atoms with Crippen LogP contribution in [0.15, 0.2) is 115 Å². The lowest BCUT2D eigenvalue weighted by molar-refractivity contribution is -0.141. The van der Waals surface area contributed by atoms with Gasteiger partial charge in [-0.25, -0.2) is 4.39 Å². The Balaban J connectivity index is 1.72. The summed E-state index contributed by atoms with van der Waals surface area (Å²) >= 11 is 0. The number of hydrogen-bond donors (Lipinski definition) is 1. The van der Waals surface area contributed by atoms with E-state index in [0.29, 0.717) is 13.0 Å². The Bertz CT molecular complexity index is 1300. The van der Waals surface area contributed by atoms with E-state index in [1.54, 1.807) is 17.0 Å². The minimum atomic E-state index is -0.731. The first-order valence-electron chi connectivity index (χ1n) is 13.9. The summed E-state index contributed by atoms with van der Waals surface area (Å²) in [4.78, 5) is 29.7. The van der Waals surface area contributed by atoms with Crippen molar-refractivity contribution in [2.75, 3.05) is 6.54 Å². The van der Waals surface area contributed by atoms with Crippen LogP contribution < -0.4 is 5.32 Å². The van der Waals surface area contributed by atoms with Crippen LogP contribution in [0.25, 0.3) is 0 Å². The highest BCUT2D eigenvalue weighted by atomic mass is 19.1. The number of rotatable bonds is 12. The van der Waals surface area contributed by atoms with Crippen molar-refractivity contribution < 1.29 is 14.0 Å². The van der Waals surface area contributed by atoms with Crippen LogP contribution in [0.2, 0.25) is 0 Å². The molecule has 0 aliphatic carbocycles. The first-order chi connectivity index (χ1) is 19.4. The molecule has 4 aromatic carbocycles. The highest BCUT2D eigenvalue weighted by Crippen LogP contribution is 2.30. The van der Waals surface area contributed by atoms with E-state index in [1.807, 2.05) is 105 Å². The summed E-state index contributed by atoms with van der Waals surface area (Å²) in [5.41, 5.74) is 3.80. The molecule has 206 valence electrons. The molecule has 0 spiro atoms. The van der Waals surface area contributed by atoms with Gasteiger partial charge in [-0.05, 0) is 40.3 Å². The largest absolute Gasteiger partial charge is 0.354 e. The van der Waals surface area contributed by atoms with E-state index < -0.39 is 6.04 Å². The standard InChI is InChI=1S/C35H37FN2O2/c1-26(2)24-37-35(40)33(22-27-12-6-3-7-13-27)38(25-28-18-20-31(36)21-19-28)34(39)23-32(29-14-8-4-9-15-29)30-16-10-5-11-17-30/h3-21,26,32-33H,22-25H2,1-2H3,(H,37,40)/t33-/m0/s1. The topological polar surface area (TPSA) is 49.4 Å². The van der Waals surface area contributed by atoms with Gasteiger partial charge < -0.3 is 10.2 Å². The van der Waals surface area contributed by atoms with Crippen molar-refractivity contribution in [1.82, 2.24) is 10.2 Å². The van der Waals surface area contributed by atoms with Crippen molar-refractivity contribution >= 4 is 11.8 Å². The molecule has 4 aromatic rings. The molecule has 0 fully saturated rings. The van der Waals surface area contributed by atoms with E-state index in [-0.39, 0.29) is 42.4 Å². The normalized spacial score (nSPS) is 11.8. The molecule has 0 aromatic heterocycles. The summed E-state index contributed by atoms with van der Waals surface area (Å²) in [5, 5.41) is 3.06. The SMILES string of the molecule is CC(C)CNC(=O)[C@H](Cc1ccccc1)N(Cc1ccc(F)cc1)C(=O)CC(c1ccccc1)c1ccccc1. The number of nitrogens with one attached hydrogen (secondary N) is 1. The summed E-state index contributed by atoms with van der Waals surface area (Å²) in [5.74, 6) is -0.582. The molecule has 0 unspecified atom stereocenters. The fraction of sp³-hybridized carbons (Fsp3) is 0.257. The Morgan fingerprint density at radius 2 is 1.25 bits per heavy atom. The Hall–Kier alpha value is -4.25. The smallest absolute Gasteiger partial charge is 0.243 e. The monoisotopic (exact) mass is 536 g/mol. The Morgan fingerprint density at radius 3 is 1.77 bits per heavy atom. The number of carbonyl (C=O) groups excluding carboxylic acids is 2. The summed E-state index contributed by atoms with van der Waals surface area (Å²) in [6.07, 6.45) is 0.566. The van der Waals surface area contributed by atoms with Gasteiger partial charge in [0.05, 0.1) is 0 Å². The molecule has 0 aliphatic rings. The Morgan fingerprint density at radius 1 is 0.725 bits per heavy atom. The fourth-order valence-electron chi connectivity index (χ4n) is 4.85. The van der Waals surface area contributed by atoms with Crippen LogP contribution in [0, 0.1) is 11.7 Å². The minimum absolute atomic E-state index is 0.136. The molecule has 4 rings (SSSR count). The first-order valence-corrected chi connectivity index (χ1v) is 13.9. The molecule has 0 saturated heterocycles. The average molecular weight is 537 g/mol. The maximum absolute atomic E-state index is 14.3. The second-order valence-electron chi connectivity index (χ2n) is 10.6. The molecular formula is C35H37FN2O2. The van der Waals surface area contributed by atoms with Gasteiger partial charge in [0.1, 0.15) is 11.9 Å². The number of nitrogens with zero attached hydrogens (tertiary/aromatic N) is 1. The van der Waals surface area contributed by atoms with Gasteiger partial charge in [0.25, 0.3) is 0 Å². The second-order valence-corrected chi connectivity index (χ2v) is 10.6. The second kappa shape index (κ2) is 14.2. The van der Waals surface area contributed by atoms with Crippen LogP contribution >= 0.6 is 0 Å². The van der Waals surface area contributed by atoms with Gasteiger partial charge >= 0.3 is 0 Å². The Kier molecular flexibility index (Phi) is 10.2. The van der Waals surface area contributed by atoms with Gasteiger partial charge in [-0.15, -0.1) is 0 Å². The van der Waals surface area contributed by atoms with Crippen molar-refractivity contribution in [2.24, 2.45) is 5.92 Å². The van der Waals surface area contributed by atoms with Crippen molar-refractivity contribution in [3.63, 3.8) is 0 Å². The van der Waals surface area contributed by atoms with Crippen molar-refractivity contribution in [1.29, 1.82) is 0 Å². The molecule has 0 aliphatic heterocycles. The summed E-state index contributed by atoms with van der Waals surface area (Å²) in [7, 11) is 0. The molecule has 0 bridgehead atoms. The van der Waals surface area contributed by atoms with Gasteiger partial charge in [0.2, 0.25) is 11.8 Å². The number of benzene rings is 4. The zero-order chi connectivity index (χ0) is 28.3. The van der Waals surface area contributed by atoms with Crippen LogP contribution in [-0.4, -0.2) is 29.3 Å². The quantitative estimate of drug-likeness (QED) is 0.218. The van der Waals surface area contributed by atoms with Gasteiger partial charge in [-0.2, -0.15) is 0 Å². The Labute approximate surface area is 236 Å². The predicted octanol–water partition coefficient (Wildman–Crippen LogP) is 6.76. The van der Waals surface area contributed by atoms with Gasteiger partial charge in [0.15, 0.2) is 0 Å². The average Bonchev–Trinajstić information content (AvgIpc) is 2.98.